The molecule has 3 atom stereocenters. The van der Waals surface area contributed by atoms with Crippen molar-refractivity contribution in [3.63, 3.8) is 0 Å². The number of carbonyl (C=O) groups excluding carboxylic acids is 2. The van der Waals surface area contributed by atoms with E-state index in [0.717, 1.165) is 29.7 Å². The van der Waals surface area contributed by atoms with Gasteiger partial charge in [-0.25, -0.2) is 0 Å². The molecule has 1 aliphatic heterocycles. The van der Waals surface area contributed by atoms with Gasteiger partial charge in [-0.1, -0.05) is 61.0 Å². The minimum Gasteiger partial charge on any atom is -0.390 e. The Balaban J connectivity index is 0.00000462. The second-order valence-corrected chi connectivity index (χ2v) is 10.6. The van der Waals surface area contributed by atoms with Crippen molar-refractivity contribution in [3.05, 3.63) is 94.5 Å². The highest BCUT2D eigenvalue weighted by atomic mass is 35.5. The number of rotatable bonds is 13. The predicted molar refractivity (Wildman–Crippen MR) is 169 cm³/mol. The average molecular weight is 600 g/mol. The van der Waals surface area contributed by atoms with Gasteiger partial charge in [0.1, 0.15) is 0 Å². The quantitative estimate of drug-likeness (QED) is 0.201. The molecule has 41 heavy (non-hydrogen) atoms. The molecule has 3 aromatic carbocycles. The Morgan fingerprint density at radius 2 is 1.83 bits per heavy atom. The maximum Gasteiger partial charge on any atom is 0.251 e. The van der Waals surface area contributed by atoms with Crippen molar-refractivity contribution in [1.29, 1.82) is 0 Å². The van der Waals surface area contributed by atoms with E-state index >= 15 is 0 Å². The van der Waals surface area contributed by atoms with E-state index in [4.69, 9.17) is 11.6 Å². The molecular weight excluding hydrogens is 559 g/mol. The number of aliphatic hydroxyl groups is 1. The minimum absolute atomic E-state index is 0. The van der Waals surface area contributed by atoms with Crippen LogP contribution in [0, 0.1) is 0 Å². The Labute approximate surface area is 254 Å². The zero-order valence-corrected chi connectivity index (χ0v) is 25.2. The zero-order chi connectivity index (χ0) is 28.5. The molecule has 220 valence electrons. The van der Waals surface area contributed by atoms with Crippen LogP contribution >= 0.6 is 24.0 Å². The van der Waals surface area contributed by atoms with Gasteiger partial charge in [-0.2, -0.15) is 0 Å². The number of anilines is 2. The fourth-order valence-electron chi connectivity index (χ4n) is 5.15. The number of amides is 2. The van der Waals surface area contributed by atoms with Crippen molar-refractivity contribution < 1.29 is 14.7 Å². The molecule has 0 radical (unpaired) electrons. The van der Waals surface area contributed by atoms with Crippen molar-refractivity contribution in [2.45, 2.75) is 57.7 Å². The Hall–Kier alpha value is -3.10. The predicted octanol–water partition coefficient (Wildman–Crippen LogP) is 5.76. The van der Waals surface area contributed by atoms with Crippen LogP contribution in [0.4, 0.5) is 11.4 Å². The lowest BCUT2D eigenvalue weighted by atomic mass is 9.99. The van der Waals surface area contributed by atoms with Gasteiger partial charge < -0.3 is 26.0 Å². The summed E-state index contributed by atoms with van der Waals surface area (Å²) < 4.78 is 0. The zero-order valence-electron chi connectivity index (χ0n) is 23.6. The van der Waals surface area contributed by atoms with E-state index in [9.17, 15) is 14.7 Å². The van der Waals surface area contributed by atoms with Gasteiger partial charge in [-0.15, -0.1) is 12.4 Å². The summed E-state index contributed by atoms with van der Waals surface area (Å²) in [6.45, 7) is 5.67. The summed E-state index contributed by atoms with van der Waals surface area (Å²) in [5.41, 5.74) is 3.99. The van der Waals surface area contributed by atoms with Crippen molar-refractivity contribution >= 4 is 47.2 Å². The molecule has 1 unspecified atom stereocenters. The number of carbonyl (C=O) groups is 2. The molecular formula is C32H40Cl2N4O3. The van der Waals surface area contributed by atoms with Crippen molar-refractivity contribution in [2.24, 2.45) is 0 Å². The number of hydrogen-bond acceptors (Lipinski definition) is 5. The molecule has 1 heterocycles. The maximum absolute atomic E-state index is 13.6. The average Bonchev–Trinajstić information content (AvgIpc) is 3.39. The van der Waals surface area contributed by atoms with Crippen LogP contribution in [-0.4, -0.2) is 48.7 Å². The van der Waals surface area contributed by atoms with Gasteiger partial charge >= 0.3 is 0 Å². The van der Waals surface area contributed by atoms with Crippen LogP contribution in [-0.2, 0) is 11.2 Å². The lowest BCUT2D eigenvalue weighted by Crippen LogP contribution is -2.49. The molecule has 4 N–H and O–H groups in total. The van der Waals surface area contributed by atoms with Gasteiger partial charge in [0, 0.05) is 54.1 Å². The molecule has 2 amide bonds. The van der Waals surface area contributed by atoms with Gasteiger partial charge in [0.05, 0.1) is 12.1 Å². The molecule has 1 saturated heterocycles. The first-order chi connectivity index (χ1) is 19.4. The number of nitrogens with zero attached hydrogens (tertiary/aromatic N) is 1. The highest BCUT2D eigenvalue weighted by molar-refractivity contribution is 6.30. The summed E-state index contributed by atoms with van der Waals surface area (Å²) in [5, 5.41) is 21.8. The number of benzene rings is 3. The maximum atomic E-state index is 13.6. The van der Waals surface area contributed by atoms with Crippen LogP contribution < -0.4 is 20.9 Å². The SMILES string of the molecule is CCNc1cc(C(=O)N[C@@H](Cc2ccccc2)[C@H](O)CNC(CC)c2cccc(Cl)c2)cc(N2CCCC2=O)c1.Cl. The molecule has 0 spiro atoms. The summed E-state index contributed by atoms with van der Waals surface area (Å²) in [7, 11) is 0. The van der Waals surface area contributed by atoms with Gasteiger partial charge in [-0.05, 0) is 67.6 Å². The lowest BCUT2D eigenvalue weighted by Gasteiger charge is -2.27. The Morgan fingerprint density at radius 1 is 1.05 bits per heavy atom. The lowest BCUT2D eigenvalue weighted by molar-refractivity contribution is -0.117. The second kappa shape index (κ2) is 15.8. The number of hydrogen-bond donors (Lipinski definition) is 4. The first-order valence-electron chi connectivity index (χ1n) is 14.1. The number of halogens is 2. The highest BCUT2D eigenvalue weighted by Gasteiger charge is 2.26. The third kappa shape index (κ3) is 8.94. The molecule has 0 saturated carbocycles. The molecule has 0 aliphatic carbocycles. The van der Waals surface area contributed by atoms with Gasteiger partial charge in [-0.3, -0.25) is 9.59 Å². The van der Waals surface area contributed by atoms with Crippen LogP contribution in [0.2, 0.25) is 5.02 Å². The van der Waals surface area contributed by atoms with Crippen molar-refractivity contribution in [2.75, 3.05) is 29.9 Å². The normalized spacial score (nSPS) is 15.1. The van der Waals surface area contributed by atoms with Crippen molar-refractivity contribution in [1.82, 2.24) is 10.6 Å². The first kappa shape index (κ1) is 32.4. The summed E-state index contributed by atoms with van der Waals surface area (Å²) in [5.74, 6) is -0.233. The monoisotopic (exact) mass is 598 g/mol. The van der Waals surface area contributed by atoms with E-state index in [1.165, 1.54) is 0 Å². The molecule has 9 heteroatoms. The molecule has 4 rings (SSSR count). The van der Waals surface area contributed by atoms with E-state index in [1.54, 1.807) is 17.0 Å². The van der Waals surface area contributed by atoms with Gasteiger partial charge in [0.2, 0.25) is 5.91 Å². The largest absolute Gasteiger partial charge is 0.390 e. The van der Waals surface area contributed by atoms with Crippen LogP contribution in [0.3, 0.4) is 0 Å². The second-order valence-electron chi connectivity index (χ2n) is 10.2. The van der Waals surface area contributed by atoms with E-state index in [0.29, 0.717) is 42.2 Å². The van der Waals surface area contributed by atoms with Gasteiger partial charge in [0.15, 0.2) is 0 Å². The number of aliphatic hydroxyl groups excluding tert-OH is 1. The van der Waals surface area contributed by atoms with Crippen LogP contribution in [0.25, 0.3) is 0 Å². The first-order valence-corrected chi connectivity index (χ1v) is 14.5. The van der Waals surface area contributed by atoms with Gasteiger partial charge in [0.25, 0.3) is 5.91 Å². The van der Waals surface area contributed by atoms with E-state index in [-0.39, 0.29) is 36.8 Å². The Bertz CT molecular complexity index is 1290. The summed E-state index contributed by atoms with van der Waals surface area (Å²) in [6, 6.07) is 22.5. The van der Waals surface area contributed by atoms with E-state index in [1.807, 2.05) is 67.6 Å². The molecule has 3 aromatic rings. The Kier molecular flexibility index (Phi) is 12.5. The molecule has 7 nitrogen and oxygen atoms in total. The van der Waals surface area contributed by atoms with E-state index in [2.05, 4.69) is 22.9 Å². The molecule has 1 aliphatic rings. The third-order valence-electron chi connectivity index (χ3n) is 7.26. The topological polar surface area (TPSA) is 93.7 Å². The fraction of sp³-hybridized carbons (Fsp3) is 0.375. The highest BCUT2D eigenvalue weighted by Crippen LogP contribution is 2.27. The molecule has 0 aromatic heterocycles. The Morgan fingerprint density at radius 3 is 2.49 bits per heavy atom. The molecule has 0 bridgehead atoms. The summed E-state index contributed by atoms with van der Waals surface area (Å²) in [6.07, 6.45) is 1.75. The fourth-order valence-corrected chi connectivity index (χ4v) is 5.35. The van der Waals surface area contributed by atoms with Crippen LogP contribution in [0.5, 0.6) is 0 Å². The third-order valence-corrected chi connectivity index (χ3v) is 7.49. The van der Waals surface area contributed by atoms with Crippen molar-refractivity contribution in [3.8, 4) is 0 Å². The minimum atomic E-state index is -0.853. The summed E-state index contributed by atoms with van der Waals surface area (Å²) >= 11 is 6.21. The number of nitrogens with one attached hydrogen (secondary N) is 3. The summed E-state index contributed by atoms with van der Waals surface area (Å²) in [4.78, 5) is 27.8. The van der Waals surface area contributed by atoms with Crippen LogP contribution in [0.1, 0.15) is 60.6 Å². The smallest absolute Gasteiger partial charge is 0.251 e. The standard InChI is InChI=1S/C32H39ClN4O3.ClH/c1-3-28(23-12-8-13-25(33)17-23)35-21-30(38)29(16-22-10-6-5-7-11-22)36-32(40)24-18-26(34-4-2)20-27(19-24)37-15-9-14-31(37)39;/h5-8,10-13,17-20,28-30,34-35,38H,3-4,9,14-16,21H2,1-2H3,(H,36,40);1H/t28?,29-,30+;/m0./s1. The van der Waals surface area contributed by atoms with Crippen LogP contribution in [0.15, 0.2) is 72.8 Å². The van der Waals surface area contributed by atoms with E-state index < -0.39 is 12.1 Å². The molecule has 1 fully saturated rings.